The average molecular weight is 184 g/mol. The molecule has 0 heterocycles. The van der Waals surface area contributed by atoms with Crippen LogP contribution in [0.15, 0.2) is 12.7 Å². The van der Waals surface area contributed by atoms with Gasteiger partial charge in [-0.25, -0.2) is 0 Å². The van der Waals surface area contributed by atoms with Crippen molar-refractivity contribution in [1.29, 1.82) is 0 Å². The molecule has 74 valence electrons. The molecule has 3 heteroatoms. The van der Waals surface area contributed by atoms with Gasteiger partial charge in [-0.3, -0.25) is 4.79 Å². The van der Waals surface area contributed by atoms with E-state index in [2.05, 4.69) is 6.58 Å². The van der Waals surface area contributed by atoms with Crippen LogP contribution in [0.3, 0.4) is 0 Å². The summed E-state index contributed by atoms with van der Waals surface area (Å²) in [7, 11) is 0. The van der Waals surface area contributed by atoms with Crippen molar-refractivity contribution in [2.45, 2.75) is 38.4 Å². The molecule has 0 amide bonds. The Morgan fingerprint density at radius 3 is 2.85 bits per heavy atom. The number of carbonyl (C=O) groups excluding carboxylic acids is 1. The molecule has 0 aromatic heterocycles. The minimum Gasteiger partial charge on any atom is -0.460 e. The summed E-state index contributed by atoms with van der Waals surface area (Å²) in [6, 6.07) is 0. The van der Waals surface area contributed by atoms with Crippen LogP contribution in [0.1, 0.15) is 26.2 Å². The van der Waals surface area contributed by atoms with Crippen molar-refractivity contribution in [2.24, 2.45) is 0 Å². The summed E-state index contributed by atoms with van der Waals surface area (Å²) in [6.45, 7) is 5.54. The predicted octanol–water partition coefficient (Wildman–Crippen LogP) is 1.67. The van der Waals surface area contributed by atoms with Crippen LogP contribution in [0.25, 0.3) is 0 Å². The molecule has 0 bridgehead atoms. The van der Waals surface area contributed by atoms with Gasteiger partial charge in [0, 0.05) is 6.92 Å². The molecular formula is C10H16O3. The molecule has 13 heavy (non-hydrogen) atoms. The van der Waals surface area contributed by atoms with Gasteiger partial charge in [0.1, 0.15) is 6.10 Å². The molecule has 1 unspecified atom stereocenters. The zero-order valence-corrected chi connectivity index (χ0v) is 7.99. The van der Waals surface area contributed by atoms with E-state index in [4.69, 9.17) is 9.47 Å². The lowest BCUT2D eigenvalue weighted by atomic mass is 10.2. The lowest BCUT2D eigenvalue weighted by Crippen LogP contribution is -2.27. The quantitative estimate of drug-likeness (QED) is 0.492. The van der Waals surface area contributed by atoms with Gasteiger partial charge in [-0.15, -0.1) is 6.58 Å². The second kappa shape index (κ2) is 5.02. The van der Waals surface area contributed by atoms with E-state index < -0.39 is 0 Å². The van der Waals surface area contributed by atoms with Crippen LogP contribution in [-0.4, -0.2) is 24.8 Å². The zero-order chi connectivity index (χ0) is 9.68. The van der Waals surface area contributed by atoms with E-state index in [1.54, 1.807) is 6.08 Å². The third-order valence-electron chi connectivity index (χ3n) is 2.14. The molecule has 0 aromatic carbocycles. The van der Waals surface area contributed by atoms with E-state index in [1.807, 2.05) is 0 Å². The molecule has 1 saturated carbocycles. The lowest BCUT2D eigenvalue weighted by molar-refractivity contribution is -0.152. The summed E-state index contributed by atoms with van der Waals surface area (Å²) in [5, 5.41) is 0. The molecule has 3 nitrogen and oxygen atoms in total. The first-order valence-corrected chi connectivity index (χ1v) is 4.63. The van der Waals surface area contributed by atoms with Crippen molar-refractivity contribution in [3.8, 4) is 0 Å². The highest BCUT2D eigenvalue weighted by molar-refractivity contribution is 5.66. The van der Waals surface area contributed by atoms with Crippen molar-refractivity contribution < 1.29 is 14.3 Å². The third kappa shape index (κ3) is 3.19. The van der Waals surface area contributed by atoms with Crippen LogP contribution in [0.2, 0.25) is 0 Å². The molecular weight excluding hydrogens is 168 g/mol. The van der Waals surface area contributed by atoms with Gasteiger partial charge in [-0.2, -0.15) is 0 Å². The molecule has 0 N–H and O–H groups in total. The zero-order valence-electron chi connectivity index (χ0n) is 7.99. The summed E-state index contributed by atoms with van der Waals surface area (Å²) in [5.74, 6) is -0.223. The normalized spacial score (nSPS) is 27.2. The highest BCUT2D eigenvalue weighted by atomic mass is 16.6. The van der Waals surface area contributed by atoms with Crippen LogP contribution < -0.4 is 0 Å². The van der Waals surface area contributed by atoms with E-state index in [1.165, 1.54) is 6.92 Å². The average Bonchev–Trinajstić information content (AvgIpc) is 2.48. The number of hydrogen-bond donors (Lipinski definition) is 0. The summed E-state index contributed by atoms with van der Waals surface area (Å²) in [5.41, 5.74) is 0. The van der Waals surface area contributed by atoms with Crippen molar-refractivity contribution >= 4 is 5.97 Å². The first-order chi connectivity index (χ1) is 6.24. The van der Waals surface area contributed by atoms with Crippen molar-refractivity contribution in [1.82, 2.24) is 0 Å². The van der Waals surface area contributed by atoms with Gasteiger partial charge in [0.2, 0.25) is 0 Å². The Kier molecular flexibility index (Phi) is 3.96. The van der Waals surface area contributed by atoms with Crippen molar-refractivity contribution in [3.05, 3.63) is 12.7 Å². The first kappa shape index (κ1) is 10.3. The summed E-state index contributed by atoms with van der Waals surface area (Å²) >= 11 is 0. The molecule has 0 radical (unpaired) electrons. The maximum absolute atomic E-state index is 10.7. The second-order valence-electron chi connectivity index (χ2n) is 3.24. The Morgan fingerprint density at radius 2 is 2.23 bits per heavy atom. The Balaban J connectivity index is 2.34. The lowest BCUT2D eigenvalue weighted by Gasteiger charge is -2.18. The van der Waals surface area contributed by atoms with Gasteiger partial charge in [-0.1, -0.05) is 6.08 Å². The van der Waals surface area contributed by atoms with Gasteiger partial charge in [0.15, 0.2) is 0 Å². The SMILES string of the molecule is C=CCO[C@@H]1CCCC1OC(C)=O. The number of rotatable bonds is 4. The van der Waals surface area contributed by atoms with Gasteiger partial charge in [0.25, 0.3) is 0 Å². The molecule has 0 saturated heterocycles. The van der Waals surface area contributed by atoms with E-state index in [9.17, 15) is 4.79 Å². The number of carbonyl (C=O) groups is 1. The fraction of sp³-hybridized carbons (Fsp3) is 0.700. The Hall–Kier alpha value is -0.830. The molecule has 0 aliphatic heterocycles. The number of ether oxygens (including phenoxy) is 2. The van der Waals surface area contributed by atoms with Crippen LogP contribution >= 0.6 is 0 Å². The summed E-state index contributed by atoms with van der Waals surface area (Å²) in [6.07, 6.45) is 4.70. The van der Waals surface area contributed by atoms with Gasteiger partial charge in [-0.05, 0) is 19.3 Å². The second-order valence-corrected chi connectivity index (χ2v) is 3.24. The monoisotopic (exact) mass is 184 g/mol. The van der Waals surface area contributed by atoms with Gasteiger partial charge in [0.05, 0.1) is 12.7 Å². The smallest absolute Gasteiger partial charge is 0.302 e. The maximum Gasteiger partial charge on any atom is 0.302 e. The van der Waals surface area contributed by atoms with Crippen molar-refractivity contribution in [2.75, 3.05) is 6.61 Å². The minimum absolute atomic E-state index is 0.0440. The van der Waals surface area contributed by atoms with Crippen LogP contribution in [0.4, 0.5) is 0 Å². The van der Waals surface area contributed by atoms with Gasteiger partial charge < -0.3 is 9.47 Å². The first-order valence-electron chi connectivity index (χ1n) is 4.63. The highest BCUT2D eigenvalue weighted by Gasteiger charge is 2.29. The third-order valence-corrected chi connectivity index (χ3v) is 2.14. The number of esters is 1. The maximum atomic E-state index is 10.7. The largest absolute Gasteiger partial charge is 0.460 e. The number of hydrogen-bond acceptors (Lipinski definition) is 3. The highest BCUT2D eigenvalue weighted by Crippen LogP contribution is 2.24. The Morgan fingerprint density at radius 1 is 1.54 bits per heavy atom. The molecule has 1 fully saturated rings. The van der Waals surface area contributed by atoms with E-state index in [0.717, 1.165) is 19.3 Å². The topological polar surface area (TPSA) is 35.5 Å². The van der Waals surface area contributed by atoms with E-state index in [-0.39, 0.29) is 18.2 Å². The Bertz CT molecular complexity index is 189. The molecule has 0 aromatic rings. The summed E-state index contributed by atoms with van der Waals surface area (Å²) in [4.78, 5) is 10.7. The van der Waals surface area contributed by atoms with Crippen LogP contribution in [0.5, 0.6) is 0 Å². The standard InChI is InChI=1S/C10H16O3/c1-3-7-12-9-5-4-6-10(9)13-8(2)11/h3,9-10H,1,4-7H2,2H3/t9-,10?/m1/s1. The van der Waals surface area contributed by atoms with E-state index >= 15 is 0 Å². The molecule has 1 rings (SSSR count). The van der Waals surface area contributed by atoms with Crippen molar-refractivity contribution in [3.63, 3.8) is 0 Å². The van der Waals surface area contributed by atoms with Crippen LogP contribution in [0, 0.1) is 0 Å². The fourth-order valence-corrected chi connectivity index (χ4v) is 1.62. The minimum atomic E-state index is -0.223. The molecule has 2 atom stereocenters. The van der Waals surface area contributed by atoms with E-state index in [0.29, 0.717) is 6.61 Å². The predicted molar refractivity (Wildman–Crippen MR) is 49.3 cm³/mol. The molecule has 1 aliphatic rings. The van der Waals surface area contributed by atoms with Crippen LogP contribution in [-0.2, 0) is 14.3 Å². The Labute approximate surface area is 78.7 Å². The fourth-order valence-electron chi connectivity index (χ4n) is 1.62. The molecule has 1 aliphatic carbocycles. The van der Waals surface area contributed by atoms with Gasteiger partial charge >= 0.3 is 5.97 Å². The summed E-state index contributed by atoms with van der Waals surface area (Å²) < 4.78 is 10.6. The molecule has 0 spiro atoms.